The molecule has 0 fully saturated rings. The van der Waals surface area contributed by atoms with Crippen LogP contribution in [-0.2, 0) is 0 Å². The summed E-state index contributed by atoms with van der Waals surface area (Å²) in [6.45, 7) is 25.5. The van der Waals surface area contributed by atoms with Gasteiger partial charge in [-0.25, -0.2) is 0 Å². The molecule has 0 amide bonds. The normalized spacial score (nSPS) is 13.4. The van der Waals surface area contributed by atoms with Gasteiger partial charge in [-0.05, 0) is 38.4 Å². The van der Waals surface area contributed by atoms with Crippen LogP contribution in [0.25, 0.3) is 0 Å². The second-order valence-corrected chi connectivity index (χ2v) is 15.4. The molecule has 0 bridgehead atoms. The number of nitrogens with zero attached hydrogens (tertiary/aromatic N) is 2. The van der Waals surface area contributed by atoms with Crippen LogP contribution in [0.5, 0.6) is 0 Å². The van der Waals surface area contributed by atoms with Crippen molar-refractivity contribution in [3.8, 4) is 0 Å². The van der Waals surface area contributed by atoms with Crippen LogP contribution in [0.1, 0.15) is 27.7 Å². The molecule has 18 heavy (non-hydrogen) atoms. The zero-order valence-corrected chi connectivity index (χ0v) is 15.7. The first-order valence-electron chi connectivity index (χ1n) is 7.44. The lowest BCUT2D eigenvalue weighted by atomic mass is 10.7. The highest BCUT2D eigenvalue weighted by Gasteiger charge is 2.42. The molecule has 2 nitrogen and oxygen atoms in total. The first kappa shape index (κ1) is 18.1. The minimum absolute atomic E-state index is 1.18. The summed E-state index contributed by atoms with van der Waals surface area (Å²) in [6, 6.07) is 0. The molecular weight excluding hydrogens is 252 g/mol. The molecule has 0 aliphatic rings. The molecule has 0 aromatic carbocycles. The molecule has 0 aliphatic carbocycles. The van der Waals surface area contributed by atoms with Crippen LogP contribution in [-0.4, -0.2) is 51.8 Å². The topological polar surface area (TPSA) is 6.48 Å². The van der Waals surface area contributed by atoms with Crippen LogP contribution in [0.4, 0.5) is 0 Å². The lowest BCUT2D eigenvalue weighted by Crippen LogP contribution is -2.66. The van der Waals surface area contributed by atoms with Gasteiger partial charge in [0.15, 0.2) is 0 Å². The summed E-state index contributed by atoms with van der Waals surface area (Å²) in [5.74, 6) is 0. The highest BCUT2D eigenvalue weighted by atomic mass is 28.4. The molecular formula is C14H34N2Si2. The largest absolute Gasteiger partial charge is 0.312 e. The maximum absolute atomic E-state index is 4.09. The van der Waals surface area contributed by atoms with E-state index in [1.54, 1.807) is 0 Å². The van der Waals surface area contributed by atoms with Gasteiger partial charge in [0.2, 0.25) is 8.40 Å². The highest BCUT2D eigenvalue weighted by molar-refractivity contribution is 6.95. The summed E-state index contributed by atoms with van der Waals surface area (Å²) in [7, 11) is -2.77. The Balaban J connectivity index is 5.31. The van der Waals surface area contributed by atoms with Crippen LogP contribution < -0.4 is 0 Å². The lowest BCUT2D eigenvalue weighted by molar-refractivity contribution is 0.359. The van der Waals surface area contributed by atoms with Crippen molar-refractivity contribution in [3.05, 3.63) is 12.3 Å². The maximum Gasteiger partial charge on any atom is 0.201 e. The van der Waals surface area contributed by atoms with Crippen molar-refractivity contribution in [2.75, 3.05) is 26.2 Å². The molecule has 0 unspecified atom stereocenters. The summed E-state index contributed by atoms with van der Waals surface area (Å²) in [4.78, 5) is 0. The SMILES string of the molecule is C=C[Si](C)(C)C[Si](C)(N(CC)CC)N(CC)CC. The van der Waals surface area contributed by atoms with E-state index in [2.05, 4.69) is 68.7 Å². The molecule has 0 N–H and O–H groups in total. The van der Waals surface area contributed by atoms with Crippen LogP contribution in [0.2, 0.25) is 25.3 Å². The zero-order chi connectivity index (χ0) is 14.4. The summed E-state index contributed by atoms with van der Waals surface area (Å²) >= 11 is 0. The third-order valence-corrected chi connectivity index (χ3v) is 15.7. The first-order chi connectivity index (χ1) is 8.31. The van der Waals surface area contributed by atoms with Crippen LogP contribution in [0.3, 0.4) is 0 Å². The van der Waals surface area contributed by atoms with Crippen molar-refractivity contribution in [1.82, 2.24) is 9.13 Å². The van der Waals surface area contributed by atoms with Crippen molar-refractivity contribution < 1.29 is 0 Å². The quantitative estimate of drug-likeness (QED) is 0.596. The van der Waals surface area contributed by atoms with Gasteiger partial charge in [0.25, 0.3) is 0 Å². The molecule has 0 aromatic heterocycles. The molecule has 108 valence electrons. The van der Waals surface area contributed by atoms with Gasteiger partial charge in [-0.2, -0.15) is 0 Å². The number of hydrogen-bond acceptors (Lipinski definition) is 2. The molecule has 0 saturated heterocycles. The molecule has 0 radical (unpaired) electrons. The van der Waals surface area contributed by atoms with E-state index in [1.807, 2.05) is 0 Å². The molecule has 0 atom stereocenters. The van der Waals surface area contributed by atoms with Crippen LogP contribution >= 0.6 is 0 Å². The maximum atomic E-state index is 4.09. The predicted octanol–water partition coefficient (Wildman–Crippen LogP) is 3.71. The van der Waals surface area contributed by atoms with Gasteiger partial charge in [0, 0.05) is 0 Å². The fourth-order valence-corrected chi connectivity index (χ4v) is 15.6. The summed E-state index contributed by atoms with van der Waals surface area (Å²) in [6.07, 6.45) is 0. The highest BCUT2D eigenvalue weighted by Crippen LogP contribution is 2.27. The second-order valence-electron chi connectivity index (χ2n) is 5.93. The Morgan fingerprint density at radius 2 is 1.17 bits per heavy atom. The second kappa shape index (κ2) is 7.63. The fraction of sp³-hybridized carbons (Fsp3) is 0.857. The van der Waals surface area contributed by atoms with E-state index in [1.165, 1.54) is 31.8 Å². The van der Waals surface area contributed by atoms with Crippen molar-refractivity contribution >= 4 is 16.5 Å². The Kier molecular flexibility index (Phi) is 7.67. The average molecular weight is 287 g/mol. The van der Waals surface area contributed by atoms with Gasteiger partial charge in [-0.1, -0.05) is 40.8 Å². The van der Waals surface area contributed by atoms with Gasteiger partial charge < -0.3 is 9.13 Å². The Hall–Kier alpha value is 0.0938. The molecule has 0 rings (SSSR count). The Bertz CT molecular complexity index is 234. The van der Waals surface area contributed by atoms with E-state index in [4.69, 9.17) is 0 Å². The van der Waals surface area contributed by atoms with Gasteiger partial charge >= 0.3 is 0 Å². The Labute approximate surface area is 117 Å². The van der Waals surface area contributed by atoms with E-state index in [-0.39, 0.29) is 0 Å². The van der Waals surface area contributed by atoms with Crippen molar-refractivity contribution in [2.45, 2.75) is 53.0 Å². The average Bonchev–Trinajstić information content (AvgIpc) is 2.31. The lowest BCUT2D eigenvalue weighted by Gasteiger charge is -2.48. The van der Waals surface area contributed by atoms with Crippen LogP contribution in [0, 0.1) is 0 Å². The summed E-state index contributed by atoms with van der Waals surface area (Å²) in [5, 5.41) is 0. The minimum Gasteiger partial charge on any atom is -0.312 e. The van der Waals surface area contributed by atoms with Crippen molar-refractivity contribution in [2.24, 2.45) is 0 Å². The first-order valence-corrected chi connectivity index (χ1v) is 13.3. The molecule has 4 heteroatoms. The third-order valence-electron chi connectivity index (χ3n) is 4.23. The predicted molar refractivity (Wildman–Crippen MR) is 89.9 cm³/mol. The molecule has 0 spiro atoms. The minimum atomic E-state index is -1.51. The molecule has 0 saturated carbocycles. The van der Waals surface area contributed by atoms with E-state index >= 15 is 0 Å². The molecule has 0 heterocycles. The standard InChI is InChI=1S/C14H34N2Si2/c1-9-15(10-2)18(8,16(11-3)12-4)14-17(6,7)13-5/h13H,5,9-12,14H2,1-4,6-8H3. The van der Waals surface area contributed by atoms with Gasteiger partial charge in [-0.3, -0.25) is 0 Å². The van der Waals surface area contributed by atoms with Gasteiger partial charge in [0.05, 0.1) is 8.07 Å². The summed E-state index contributed by atoms with van der Waals surface area (Å²) in [5.41, 5.74) is 3.66. The fourth-order valence-electron chi connectivity index (χ4n) is 3.17. The summed E-state index contributed by atoms with van der Waals surface area (Å²) < 4.78 is 5.50. The van der Waals surface area contributed by atoms with Crippen LogP contribution in [0.15, 0.2) is 12.3 Å². The van der Waals surface area contributed by atoms with E-state index in [0.29, 0.717) is 0 Å². The number of hydrogen-bond donors (Lipinski definition) is 0. The Morgan fingerprint density at radius 3 is 1.39 bits per heavy atom. The molecule has 0 aliphatic heterocycles. The monoisotopic (exact) mass is 286 g/mol. The number of rotatable bonds is 9. The Morgan fingerprint density at radius 1 is 0.833 bits per heavy atom. The van der Waals surface area contributed by atoms with E-state index in [9.17, 15) is 0 Å². The van der Waals surface area contributed by atoms with Crippen molar-refractivity contribution in [1.29, 1.82) is 0 Å². The third kappa shape index (κ3) is 4.33. The van der Waals surface area contributed by atoms with Gasteiger partial charge in [-0.15, -0.1) is 12.3 Å². The zero-order valence-electron chi connectivity index (χ0n) is 13.7. The van der Waals surface area contributed by atoms with Gasteiger partial charge in [0.1, 0.15) is 0 Å². The van der Waals surface area contributed by atoms with E-state index in [0.717, 1.165) is 0 Å². The smallest absolute Gasteiger partial charge is 0.201 e. The van der Waals surface area contributed by atoms with E-state index < -0.39 is 16.5 Å². The molecule has 0 aromatic rings. The van der Waals surface area contributed by atoms with Crippen molar-refractivity contribution in [3.63, 3.8) is 0 Å².